The Hall–Kier alpha value is -0.240. The zero-order chi connectivity index (χ0) is 19.3. The smallest absolute Gasteiger partial charge is 0.177 e. The second-order valence-electron chi connectivity index (χ2n) is 10.8. The van der Waals surface area contributed by atoms with E-state index in [0.29, 0.717) is 6.42 Å². The van der Waals surface area contributed by atoms with Crippen molar-refractivity contribution < 1.29 is 30.3 Å². The molecule has 6 nitrogen and oxygen atoms in total. The van der Waals surface area contributed by atoms with Crippen molar-refractivity contribution in [3.63, 3.8) is 0 Å². The predicted molar refractivity (Wildman–Crippen MR) is 91.8 cm³/mol. The van der Waals surface area contributed by atoms with Crippen molar-refractivity contribution in [3.8, 4) is 0 Å². The van der Waals surface area contributed by atoms with Gasteiger partial charge in [0.25, 0.3) is 0 Å². The first-order valence-electron chi connectivity index (χ1n) is 10.00. The Labute approximate surface area is 154 Å². The zero-order valence-electron chi connectivity index (χ0n) is 16.3. The third-order valence-corrected chi connectivity index (χ3v) is 10.2. The minimum atomic E-state index is -1.82. The molecule has 5 rings (SSSR count). The van der Waals surface area contributed by atoms with E-state index in [4.69, 9.17) is 4.74 Å². The zero-order valence-corrected chi connectivity index (χ0v) is 16.3. The Balaban J connectivity index is 1.89. The molecule has 5 N–H and O–H groups in total. The van der Waals surface area contributed by atoms with E-state index < -0.39 is 45.1 Å². The van der Waals surface area contributed by atoms with E-state index in [1.807, 2.05) is 20.8 Å². The van der Waals surface area contributed by atoms with Crippen LogP contribution in [0.1, 0.15) is 60.3 Å². The molecule has 5 fully saturated rings. The average molecular weight is 368 g/mol. The fourth-order valence-electron chi connectivity index (χ4n) is 8.56. The maximum absolute atomic E-state index is 12.1. The first kappa shape index (κ1) is 17.8. The Kier molecular flexibility index (Phi) is 2.78. The van der Waals surface area contributed by atoms with Gasteiger partial charge in [-0.2, -0.15) is 0 Å². The standard InChI is InChI=1S/C20H32O6/c1-10(2)17(22)9-18(23)14(4)8-19(24)15(17,5)20(18,25)13(26-19)12-11(3)6-7-16(12,14)21/h10-13,21-25H,6-9H2,1-5H3/t11-,12+,13-,14+,15-,16-,17+,18-,19?,20?/m1/s1. The van der Waals surface area contributed by atoms with Gasteiger partial charge in [0.15, 0.2) is 5.79 Å². The summed E-state index contributed by atoms with van der Waals surface area (Å²) in [5.41, 5.74) is -8.94. The van der Waals surface area contributed by atoms with E-state index >= 15 is 0 Å². The largest absolute Gasteiger partial charge is 0.389 e. The molecule has 26 heavy (non-hydrogen) atoms. The van der Waals surface area contributed by atoms with Crippen molar-refractivity contribution in [1.29, 1.82) is 0 Å². The van der Waals surface area contributed by atoms with Crippen molar-refractivity contribution in [2.45, 2.75) is 94.6 Å². The summed E-state index contributed by atoms with van der Waals surface area (Å²) < 4.78 is 6.15. The van der Waals surface area contributed by atoms with E-state index in [2.05, 4.69) is 0 Å². The minimum absolute atomic E-state index is 0.000556. The van der Waals surface area contributed by atoms with E-state index in [0.717, 1.165) is 6.42 Å². The van der Waals surface area contributed by atoms with Crippen molar-refractivity contribution >= 4 is 0 Å². The second kappa shape index (κ2) is 4.05. The Morgan fingerprint density at radius 1 is 1.00 bits per heavy atom. The molecule has 1 heterocycles. The van der Waals surface area contributed by atoms with Crippen molar-refractivity contribution in [3.05, 3.63) is 0 Å². The summed E-state index contributed by atoms with van der Waals surface area (Å²) in [7, 11) is 0. The first-order valence-corrected chi connectivity index (χ1v) is 10.00. The van der Waals surface area contributed by atoms with E-state index in [1.165, 1.54) is 0 Å². The summed E-state index contributed by atoms with van der Waals surface area (Å²) in [4.78, 5) is 0. The molecule has 0 spiro atoms. The van der Waals surface area contributed by atoms with Crippen LogP contribution in [0.5, 0.6) is 0 Å². The molecule has 5 bridgehead atoms. The lowest BCUT2D eigenvalue weighted by molar-refractivity contribution is -0.358. The molecule has 10 atom stereocenters. The van der Waals surface area contributed by atoms with Crippen LogP contribution in [-0.2, 0) is 4.74 Å². The molecule has 4 aliphatic carbocycles. The summed E-state index contributed by atoms with van der Waals surface area (Å²) in [6, 6.07) is 0. The highest BCUT2D eigenvalue weighted by Gasteiger charge is 2.99. The summed E-state index contributed by atoms with van der Waals surface area (Å²) >= 11 is 0. The van der Waals surface area contributed by atoms with Gasteiger partial charge >= 0.3 is 0 Å². The highest BCUT2D eigenvalue weighted by Crippen LogP contribution is 2.85. The van der Waals surface area contributed by atoms with Gasteiger partial charge in [0.05, 0.1) is 22.7 Å². The van der Waals surface area contributed by atoms with Crippen LogP contribution in [0.3, 0.4) is 0 Å². The van der Waals surface area contributed by atoms with Crippen molar-refractivity contribution in [1.82, 2.24) is 0 Å². The van der Waals surface area contributed by atoms with Crippen LogP contribution < -0.4 is 0 Å². The summed E-state index contributed by atoms with van der Waals surface area (Å²) in [6.45, 7) is 9.14. The van der Waals surface area contributed by atoms with Gasteiger partial charge in [-0.05, 0) is 31.6 Å². The molecule has 0 aromatic heterocycles. The van der Waals surface area contributed by atoms with E-state index in [9.17, 15) is 25.5 Å². The molecule has 6 heteroatoms. The predicted octanol–water partition coefficient (Wildman–Crippen LogP) is 0.534. The molecular weight excluding hydrogens is 336 g/mol. The lowest BCUT2D eigenvalue weighted by Crippen LogP contribution is -2.83. The van der Waals surface area contributed by atoms with Crippen LogP contribution in [0.25, 0.3) is 0 Å². The second-order valence-corrected chi connectivity index (χ2v) is 10.8. The molecule has 5 aliphatic rings. The number of hydrogen-bond acceptors (Lipinski definition) is 6. The maximum atomic E-state index is 12.1. The number of fused-ring (bicyclic) bond motifs is 3. The highest BCUT2D eigenvalue weighted by atomic mass is 16.7. The van der Waals surface area contributed by atoms with Crippen LogP contribution in [0.4, 0.5) is 0 Å². The molecule has 1 saturated heterocycles. The van der Waals surface area contributed by atoms with Gasteiger partial charge in [-0.1, -0.05) is 27.7 Å². The van der Waals surface area contributed by atoms with E-state index in [-0.39, 0.29) is 30.6 Å². The minimum Gasteiger partial charge on any atom is -0.389 e. The van der Waals surface area contributed by atoms with Crippen LogP contribution in [0.2, 0.25) is 0 Å². The van der Waals surface area contributed by atoms with Gasteiger partial charge in [0.1, 0.15) is 11.2 Å². The topological polar surface area (TPSA) is 110 Å². The normalized spacial score (nSPS) is 71.0. The Morgan fingerprint density at radius 3 is 2.19 bits per heavy atom. The van der Waals surface area contributed by atoms with Gasteiger partial charge in [0.2, 0.25) is 0 Å². The molecule has 0 aromatic rings. The Morgan fingerprint density at radius 2 is 1.62 bits per heavy atom. The Bertz CT molecular complexity index is 712. The lowest BCUT2D eigenvalue weighted by Gasteiger charge is -2.68. The number of hydrogen-bond donors (Lipinski definition) is 5. The third-order valence-electron chi connectivity index (χ3n) is 10.2. The molecule has 0 radical (unpaired) electrons. The number of rotatable bonds is 1. The number of ether oxygens (including phenoxy) is 1. The maximum Gasteiger partial charge on any atom is 0.177 e. The number of aliphatic hydroxyl groups is 5. The monoisotopic (exact) mass is 368 g/mol. The SMILES string of the molecule is CC(C)[C@@]1(O)C[C@]2(O)C3(O)[C@@H]4OC(O)(C[C@@]2(C)[C@@]2(O)CC[C@@H](C)[C@@H]42)[C@]31C. The van der Waals surface area contributed by atoms with E-state index in [1.54, 1.807) is 13.8 Å². The molecule has 0 amide bonds. The van der Waals surface area contributed by atoms with Crippen LogP contribution in [-0.4, -0.2) is 59.8 Å². The van der Waals surface area contributed by atoms with Gasteiger partial charge in [0, 0.05) is 24.2 Å². The van der Waals surface area contributed by atoms with Crippen molar-refractivity contribution in [2.24, 2.45) is 28.6 Å². The molecule has 4 saturated carbocycles. The average Bonchev–Trinajstić information content (AvgIpc) is 2.92. The first-order chi connectivity index (χ1) is 11.7. The molecule has 148 valence electrons. The van der Waals surface area contributed by atoms with Gasteiger partial charge in [-0.15, -0.1) is 0 Å². The van der Waals surface area contributed by atoms with Gasteiger partial charge < -0.3 is 30.3 Å². The molecule has 0 aromatic carbocycles. The van der Waals surface area contributed by atoms with Crippen molar-refractivity contribution in [2.75, 3.05) is 0 Å². The third kappa shape index (κ3) is 1.17. The van der Waals surface area contributed by atoms with Crippen LogP contribution >= 0.6 is 0 Å². The van der Waals surface area contributed by atoms with Gasteiger partial charge in [-0.3, -0.25) is 0 Å². The van der Waals surface area contributed by atoms with Crippen LogP contribution in [0, 0.1) is 28.6 Å². The molecule has 2 unspecified atom stereocenters. The quantitative estimate of drug-likeness (QED) is 0.462. The summed E-state index contributed by atoms with van der Waals surface area (Å²) in [5.74, 6) is -2.41. The molecular formula is C20H32O6. The summed E-state index contributed by atoms with van der Waals surface area (Å²) in [6.07, 6.45) is 0.300. The highest BCUT2D eigenvalue weighted by molar-refractivity contribution is 5.46. The van der Waals surface area contributed by atoms with Crippen LogP contribution in [0.15, 0.2) is 0 Å². The van der Waals surface area contributed by atoms with Gasteiger partial charge in [-0.25, -0.2) is 0 Å². The fourth-order valence-corrected chi connectivity index (χ4v) is 8.56. The molecule has 1 aliphatic heterocycles. The fraction of sp³-hybridized carbons (Fsp3) is 1.00. The lowest BCUT2D eigenvalue weighted by atomic mass is 9.39. The summed E-state index contributed by atoms with van der Waals surface area (Å²) in [5, 5.41) is 59.3.